The zero-order chi connectivity index (χ0) is 18.0. The summed E-state index contributed by atoms with van der Waals surface area (Å²) in [5, 5.41) is 15.7. The Kier molecular flexibility index (Phi) is 5.00. The Hall–Kier alpha value is -2.45. The van der Waals surface area contributed by atoms with Gasteiger partial charge >= 0.3 is 17.8 Å². The Labute approximate surface area is 148 Å². The molecule has 1 aliphatic heterocycles. The van der Waals surface area contributed by atoms with Gasteiger partial charge < -0.3 is 15.3 Å². The largest absolute Gasteiger partial charge is 0.387 e. The van der Waals surface area contributed by atoms with Gasteiger partial charge in [0, 0.05) is 36.4 Å². The average Bonchev–Trinajstić information content (AvgIpc) is 3.06. The molecule has 0 aliphatic carbocycles. The number of nitrogens with zero attached hydrogens (tertiary/aromatic N) is 2. The first kappa shape index (κ1) is 17.4. The number of imide groups is 1. The lowest BCUT2D eigenvalue weighted by molar-refractivity contribution is -0.153. The predicted octanol–water partition coefficient (Wildman–Crippen LogP) is 1.33. The van der Waals surface area contributed by atoms with Gasteiger partial charge in [-0.25, -0.2) is 4.79 Å². The summed E-state index contributed by atoms with van der Waals surface area (Å²) in [6.07, 6.45) is -0.886. The first-order valence-electron chi connectivity index (χ1n) is 8.05. The molecule has 1 saturated heterocycles. The van der Waals surface area contributed by atoms with Gasteiger partial charge in [0.25, 0.3) is 0 Å². The van der Waals surface area contributed by atoms with Gasteiger partial charge in [-0.3, -0.25) is 14.5 Å². The average molecular weight is 361 g/mol. The molecule has 2 heterocycles. The van der Waals surface area contributed by atoms with E-state index in [9.17, 15) is 19.5 Å². The Bertz CT molecular complexity index is 819. The highest BCUT2D eigenvalue weighted by Gasteiger charge is 2.35. The van der Waals surface area contributed by atoms with E-state index in [0.29, 0.717) is 13.1 Å². The van der Waals surface area contributed by atoms with E-state index in [4.69, 9.17) is 0 Å². The molecular weight excluding hydrogens is 342 g/mol. The monoisotopic (exact) mass is 361 g/mol. The van der Waals surface area contributed by atoms with Crippen LogP contribution in [0.4, 0.5) is 4.79 Å². The number of urea groups is 1. The number of benzene rings is 1. The van der Waals surface area contributed by atoms with E-state index in [-0.39, 0.29) is 13.1 Å². The summed E-state index contributed by atoms with van der Waals surface area (Å²) in [6.45, 7) is 2.66. The van der Waals surface area contributed by atoms with E-state index in [2.05, 4.69) is 5.32 Å². The number of carbonyl (C=O) groups excluding carboxylic acids is 3. The number of hydrogen-bond acceptors (Lipinski definition) is 5. The molecule has 7 nitrogen and oxygen atoms in total. The van der Waals surface area contributed by atoms with Crippen molar-refractivity contribution in [2.45, 2.75) is 13.0 Å². The van der Waals surface area contributed by atoms with E-state index in [1.54, 1.807) is 6.92 Å². The van der Waals surface area contributed by atoms with Crippen molar-refractivity contribution in [1.29, 1.82) is 0 Å². The molecule has 2 aromatic rings. The molecule has 0 radical (unpaired) electrons. The standard InChI is InChI=1S/C17H19N3O4S/c1-2-19-7-8-20(16(23)15(19)22)17(24)18-9-13(21)12-10-25-14-6-4-3-5-11(12)14/h3-6,10,13,21H,2,7-9H2,1H3,(H,18,24)/t13-/m1/s1. The molecule has 2 N–H and O–H groups in total. The fourth-order valence-corrected chi connectivity index (χ4v) is 3.82. The second-order valence-electron chi connectivity index (χ2n) is 5.73. The molecule has 0 unspecified atom stereocenters. The Balaban J connectivity index is 1.62. The maximum atomic E-state index is 12.2. The van der Waals surface area contributed by atoms with E-state index in [1.807, 2.05) is 29.6 Å². The van der Waals surface area contributed by atoms with E-state index in [0.717, 1.165) is 20.5 Å². The van der Waals surface area contributed by atoms with Crippen LogP contribution in [0.25, 0.3) is 10.1 Å². The lowest BCUT2D eigenvalue weighted by Crippen LogP contribution is -2.58. The number of thiophene rings is 1. The van der Waals surface area contributed by atoms with Gasteiger partial charge in [0.05, 0.1) is 6.10 Å². The molecule has 4 amide bonds. The molecule has 0 spiro atoms. The van der Waals surface area contributed by atoms with E-state index >= 15 is 0 Å². The highest BCUT2D eigenvalue weighted by molar-refractivity contribution is 7.17. The topological polar surface area (TPSA) is 89.9 Å². The van der Waals surface area contributed by atoms with Crippen LogP contribution in [-0.2, 0) is 9.59 Å². The molecule has 1 atom stereocenters. The molecule has 8 heteroatoms. The molecule has 1 aliphatic rings. The van der Waals surface area contributed by atoms with Crippen molar-refractivity contribution in [3.8, 4) is 0 Å². The molecule has 0 saturated carbocycles. The number of piperazine rings is 1. The number of fused-ring (bicyclic) bond motifs is 1. The van der Waals surface area contributed by atoms with Crippen molar-refractivity contribution >= 4 is 39.3 Å². The van der Waals surface area contributed by atoms with Crippen molar-refractivity contribution < 1.29 is 19.5 Å². The fourth-order valence-electron chi connectivity index (χ4n) is 2.82. The van der Waals surface area contributed by atoms with Crippen molar-refractivity contribution in [1.82, 2.24) is 15.1 Å². The summed E-state index contributed by atoms with van der Waals surface area (Å²) in [5.74, 6) is -1.51. The SMILES string of the molecule is CCN1CCN(C(=O)NC[C@@H](O)c2csc3ccccc23)C(=O)C1=O. The Morgan fingerprint density at radius 2 is 2.04 bits per heavy atom. The minimum absolute atomic E-state index is 0.0327. The molecule has 0 bridgehead atoms. The highest BCUT2D eigenvalue weighted by Crippen LogP contribution is 2.29. The van der Waals surface area contributed by atoms with Gasteiger partial charge in [0.2, 0.25) is 0 Å². The fraction of sp³-hybridized carbons (Fsp3) is 0.353. The van der Waals surface area contributed by atoms with E-state index in [1.165, 1.54) is 16.2 Å². The van der Waals surface area contributed by atoms with Crippen LogP contribution in [0.15, 0.2) is 29.6 Å². The third kappa shape index (κ3) is 3.35. The summed E-state index contributed by atoms with van der Waals surface area (Å²) >= 11 is 1.52. The summed E-state index contributed by atoms with van der Waals surface area (Å²) in [6, 6.07) is 7.04. The van der Waals surface area contributed by atoms with Crippen molar-refractivity contribution in [3.63, 3.8) is 0 Å². The quantitative estimate of drug-likeness (QED) is 0.804. The summed E-state index contributed by atoms with van der Waals surface area (Å²) in [7, 11) is 0. The number of carbonyl (C=O) groups is 3. The Morgan fingerprint density at radius 3 is 2.80 bits per heavy atom. The lowest BCUT2D eigenvalue weighted by Gasteiger charge is -2.31. The first-order chi connectivity index (χ1) is 12.0. The van der Waals surface area contributed by atoms with Crippen LogP contribution in [0, 0.1) is 0 Å². The van der Waals surface area contributed by atoms with Crippen molar-refractivity contribution in [2.24, 2.45) is 0 Å². The number of hydrogen-bond donors (Lipinski definition) is 2. The summed E-state index contributed by atoms with van der Waals surface area (Å²) in [4.78, 5) is 38.3. The smallest absolute Gasteiger partial charge is 0.324 e. The second kappa shape index (κ2) is 7.20. The first-order valence-corrected chi connectivity index (χ1v) is 8.93. The van der Waals surface area contributed by atoms with Crippen LogP contribution < -0.4 is 5.32 Å². The zero-order valence-corrected chi connectivity index (χ0v) is 14.6. The molecule has 25 heavy (non-hydrogen) atoms. The Morgan fingerprint density at radius 1 is 1.28 bits per heavy atom. The van der Waals surface area contributed by atoms with E-state index < -0.39 is 23.9 Å². The number of likely N-dealkylation sites (N-methyl/N-ethyl adjacent to an activating group) is 1. The van der Waals surface area contributed by atoms with Crippen LogP contribution in [0.5, 0.6) is 0 Å². The summed E-state index contributed by atoms with van der Waals surface area (Å²) in [5.41, 5.74) is 0.735. The third-order valence-corrected chi connectivity index (χ3v) is 5.23. The van der Waals surface area contributed by atoms with Gasteiger partial charge in [-0.2, -0.15) is 0 Å². The number of amides is 4. The second-order valence-corrected chi connectivity index (χ2v) is 6.64. The zero-order valence-electron chi connectivity index (χ0n) is 13.8. The molecule has 1 aromatic heterocycles. The van der Waals surface area contributed by atoms with Crippen LogP contribution in [-0.4, -0.2) is 58.9 Å². The van der Waals surface area contributed by atoms with Crippen LogP contribution in [0.1, 0.15) is 18.6 Å². The van der Waals surface area contributed by atoms with Crippen molar-refractivity contribution in [3.05, 3.63) is 35.2 Å². The highest BCUT2D eigenvalue weighted by atomic mass is 32.1. The minimum atomic E-state index is -0.886. The number of aliphatic hydroxyl groups excluding tert-OH is 1. The maximum absolute atomic E-state index is 12.2. The van der Waals surface area contributed by atoms with Crippen LogP contribution in [0.2, 0.25) is 0 Å². The van der Waals surface area contributed by atoms with Gasteiger partial charge in [-0.05, 0) is 23.8 Å². The molecule has 1 fully saturated rings. The molecule has 132 valence electrons. The van der Waals surface area contributed by atoms with Gasteiger partial charge in [0.1, 0.15) is 0 Å². The van der Waals surface area contributed by atoms with Crippen LogP contribution >= 0.6 is 11.3 Å². The summed E-state index contributed by atoms with van der Waals surface area (Å²) < 4.78 is 1.05. The van der Waals surface area contributed by atoms with Crippen molar-refractivity contribution in [2.75, 3.05) is 26.2 Å². The molecule has 1 aromatic carbocycles. The van der Waals surface area contributed by atoms with Gasteiger partial charge in [-0.15, -0.1) is 11.3 Å². The van der Waals surface area contributed by atoms with Gasteiger partial charge in [-0.1, -0.05) is 18.2 Å². The molecular formula is C17H19N3O4S. The normalized spacial score (nSPS) is 16.4. The number of aliphatic hydroxyl groups is 1. The van der Waals surface area contributed by atoms with Crippen LogP contribution in [0.3, 0.4) is 0 Å². The number of rotatable bonds is 4. The number of nitrogens with one attached hydrogen (secondary N) is 1. The third-order valence-electron chi connectivity index (χ3n) is 4.25. The van der Waals surface area contributed by atoms with Gasteiger partial charge in [0.15, 0.2) is 0 Å². The minimum Gasteiger partial charge on any atom is -0.387 e. The lowest BCUT2D eigenvalue weighted by atomic mass is 10.1. The molecule has 3 rings (SSSR count). The maximum Gasteiger partial charge on any atom is 0.324 e. The predicted molar refractivity (Wildman–Crippen MR) is 94.2 cm³/mol.